The van der Waals surface area contributed by atoms with Crippen LogP contribution >= 0.6 is 0 Å². The number of fused-ring (bicyclic) bond motifs is 1. The molecule has 7 nitrogen and oxygen atoms in total. The van der Waals surface area contributed by atoms with Crippen LogP contribution in [0.25, 0.3) is 0 Å². The molecular weight excluding hydrogens is 350 g/mol. The van der Waals surface area contributed by atoms with Gasteiger partial charge in [0.25, 0.3) is 5.69 Å². The summed E-state index contributed by atoms with van der Waals surface area (Å²) in [5.41, 5.74) is 2.44. The SMILES string of the molecule is CCCc1ccc(C)cc1C(=O)OC(C)c1cc2c(cc1[N+](=O)[O-])OCO2. The van der Waals surface area contributed by atoms with E-state index in [1.807, 2.05) is 26.0 Å². The summed E-state index contributed by atoms with van der Waals surface area (Å²) in [7, 11) is 0. The lowest BCUT2D eigenvalue weighted by Crippen LogP contribution is -2.13. The van der Waals surface area contributed by atoms with Gasteiger partial charge in [-0.05, 0) is 38.0 Å². The lowest BCUT2D eigenvalue weighted by atomic mass is 10.0. The van der Waals surface area contributed by atoms with Gasteiger partial charge in [-0.1, -0.05) is 31.0 Å². The van der Waals surface area contributed by atoms with Crippen molar-refractivity contribution in [1.82, 2.24) is 0 Å². The molecule has 0 amide bonds. The first-order valence-corrected chi connectivity index (χ1v) is 8.79. The zero-order valence-corrected chi connectivity index (χ0v) is 15.5. The molecule has 1 aliphatic rings. The van der Waals surface area contributed by atoms with E-state index < -0.39 is 17.0 Å². The fraction of sp³-hybridized carbons (Fsp3) is 0.350. The number of rotatable bonds is 6. The quantitative estimate of drug-likeness (QED) is 0.422. The number of nitrogens with zero attached hydrogens (tertiary/aromatic N) is 1. The summed E-state index contributed by atoms with van der Waals surface area (Å²) in [5, 5.41) is 11.4. The predicted molar refractivity (Wildman–Crippen MR) is 98.2 cm³/mol. The predicted octanol–water partition coefficient (Wildman–Crippen LogP) is 4.50. The maximum absolute atomic E-state index is 12.7. The highest BCUT2D eigenvalue weighted by atomic mass is 16.7. The van der Waals surface area contributed by atoms with Crippen LogP contribution in [-0.2, 0) is 11.2 Å². The van der Waals surface area contributed by atoms with Crippen LogP contribution in [0.3, 0.4) is 0 Å². The van der Waals surface area contributed by atoms with Crippen LogP contribution in [-0.4, -0.2) is 17.7 Å². The van der Waals surface area contributed by atoms with E-state index in [0.717, 1.165) is 24.0 Å². The van der Waals surface area contributed by atoms with Crippen LogP contribution < -0.4 is 9.47 Å². The number of nitro groups is 1. The Hall–Kier alpha value is -3.09. The lowest BCUT2D eigenvalue weighted by Gasteiger charge is -2.16. The van der Waals surface area contributed by atoms with Crippen molar-refractivity contribution < 1.29 is 23.9 Å². The smallest absolute Gasteiger partial charge is 0.339 e. The summed E-state index contributed by atoms with van der Waals surface area (Å²) in [6.07, 6.45) is 0.831. The van der Waals surface area contributed by atoms with E-state index in [1.54, 1.807) is 13.0 Å². The van der Waals surface area contributed by atoms with Crippen LogP contribution in [0.4, 0.5) is 5.69 Å². The number of hydrogen-bond acceptors (Lipinski definition) is 6. The van der Waals surface area contributed by atoms with Gasteiger partial charge in [0.1, 0.15) is 6.10 Å². The molecule has 0 radical (unpaired) electrons. The van der Waals surface area contributed by atoms with Gasteiger partial charge in [-0.15, -0.1) is 0 Å². The van der Waals surface area contributed by atoms with Gasteiger partial charge in [0.15, 0.2) is 11.5 Å². The Morgan fingerprint density at radius 2 is 1.96 bits per heavy atom. The molecule has 142 valence electrons. The standard InChI is InChI=1S/C20H21NO6/c1-4-5-14-7-6-12(2)8-16(14)20(22)27-13(3)15-9-18-19(26-11-25-18)10-17(15)21(23)24/h6-10,13H,4-5,11H2,1-3H3. The second-order valence-electron chi connectivity index (χ2n) is 6.48. The van der Waals surface area contributed by atoms with Crippen molar-refractivity contribution in [3.8, 4) is 11.5 Å². The second kappa shape index (κ2) is 7.65. The van der Waals surface area contributed by atoms with E-state index in [-0.39, 0.29) is 18.0 Å². The zero-order valence-electron chi connectivity index (χ0n) is 15.5. The van der Waals surface area contributed by atoms with Crippen molar-refractivity contribution in [1.29, 1.82) is 0 Å². The van der Waals surface area contributed by atoms with Gasteiger partial charge in [-0.3, -0.25) is 10.1 Å². The minimum atomic E-state index is -0.817. The van der Waals surface area contributed by atoms with Crippen LogP contribution in [0, 0.1) is 17.0 Å². The Labute approximate surface area is 157 Å². The Balaban J connectivity index is 1.90. The minimum absolute atomic E-state index is 0.00772. The molecule has 3 rings (SSSR count). The molecule has 0 spiro atoms. The Bertz CT molecular complexity index is 892. The molecule has 0 saturated heterocycles. The summed E-state index contributed by atoms with van der Waals surface area (Å²) in [6, 6.07) is 8.46. The Kier molecular flexibility index (Phi) is 5.30. The first-order chi connectivity index (χ1) is 12.9. The molecule has 1 unspecified atom stereocenters. The average Bonchev–Trinajstić information content (AvgIpc) is 3.09. The van der Waals surface area contributed by atoms with Crippen LogP contribution in [0.2, 0.25) is 0 Å². The van der Waals surface area contributed by atoms with Gasteiger partial charge in [0.05, 0.1) is 22.1 Å². The van der Waals surface area contributed by atoms with E-state index in [1.165, 1.54) is 12.1 Å². The fourth-order valence-corrected chi connectivity index (χ4v) is 3.09. The van der Waals surface area contributed by atoms with E-state index in [9.17, 15) is 14.9 Å². The van der Waals surface area contributed by atoms with Crippen molar-refractivity contribution in [2.75, 3.05) is 6.79 Å². The number of aryl methyl sites for hydroxylation is 2. The molecular formula is C20H21NO6. The van der Waals surface area contributed by atoms with E-state index in [0.29, 0.717) is 17.1 Å². The summed E-state index contributed by atoms with van der Waals surface area (Å²) in [6.45, 7) is 5.55. The molecule has 2 aromatic carbocycles. The van der Waals surface area contributed by atoms with Gasteiger partial charge in [-0.25, -0.2) is 4.79 Å². The van der Waals surface area contributed by atoms with E-state index >= 15 is 0 Å². The third kappa shape index (κ3) is 3.86. The van der Waals surface area contributed by atoms with Gasteiger partial charge in [0, 0.05) is 0 Å². The number of hydrogen-bond donors (Lipinski definition) is 0. The number of carbonyl (C=O) groups is 1. The number of ether oxygens (including phenoxy) is 3. The monoisotopic (exact) mass is 371 g/mol. The first kappa shape index (κ1) is 18.7. The van der Waals surface area contributed by atoms with Gasteiger partial charge in [0.2, 0.25) is 6.79 Å². The van der Waals surface area contributed by atoms with Crippen LogP contribution in [0.5, 0.6) is 11.5 Å². The molecule has 0 saturated carbocycles. The highest BCUT2D eigenvalue weighted by molar-refractivity contribution is 5.91. The first-order valence-electron chi connectivity index (χ1n) is 8.79. The molecule has 27 heavy (non-hydrogen) atoms. The van der Waals surface area contributed by atoms with Crippen molar-refractivity contribution >= 4 is 11.7 Å². The van der Waals surface area contributed by atoms with Crippen LogP contribution in [0.15, 0.2) is 30.3 Å². The summed E-state index contributed by atoms with van der Waals surface area (Å²) < 4.78 is 16.1. The zero-order chi connectivity index (χ0) is 19.6. The molecule has 1 atom stereocenters. The maximum Gasteiger partial charge on any atom is 0.339 e. The molecule has 1 aliphatic heterocycles. The van der Waals surface area contributed by atoms with Gasteiger partial charge < -0.3 is 14.2 Å². The Morgan fingerprint density at radius 3 is 2.63 bits per heavy atom. The van der Waals surface area contributed by atoms with Gasteiger partial charge >= 0.3 is 5.97 Å². The lowest BCUT2D eigenvalue weighted by molar-refractivity contribution is -0.386. The van der Waals surface area contributed by atoms with Crippen LogP contribution in [0.1, 0.15) is 53.4 Å². The molecule has 7 heteroatoms. The molecule has 0 bridgehead atoms. The third-order valence-corrected chi connectivity index (χ3v) is 4.44. The number of carbonyl (C=O) groups excluding carboxylic acids is 1. The highest BCUT2D eigenvalue weighted by Crippen LogP contribution is 2.41. The maximum atomic E-state index is 12.7. The molecule has 2 aromatic rings. The normalized spacial score (nSPS) is 13.3. The number of benzene rings is 2. The Morgan fingerprint density at radius 1 is 1.26 bits per heavy atom. The summed E-state index contributed by atoms with van der Waals surface area (Å²) >= 11 is 0. The molecule has 1 heterocycles. The third-order valence-electron chi connectivity index (χ3n) is 4.44. The summed E-state index contributed by atoms with van der Waals surface area (Å²) in [5.74, 6) is 0.218. The second-order valence-corrected chi connectivity index (χ2v) is 6.48. The van der Waals surface area contributed by atoms with E-state index in [2.05, 4.69) is 0 Å². The van der Waals surface area contributed by atoms with Gasteiger partial charge in [-0.2, -0.15) is 0 Å². The fourth-order valence-electron chi connectivity index (χ4n) is 3.09. The molecule has 0 N–H and O–H groups in total. The number of esters is 1. The highest BCUT2D eigenvalue weighted by Gasteiger charge is 2.28. The number of nitro benzene ring substituents is 1. The molecule has 0 fully saturated rings. The topological polar surface area (TPSA) is 87.9 Å². The summed E-state index contributed by atoms with van der Waals surface area (Å²) in [4.78, 5) is 23.7. The van der Waals surface area contributed by atoms with Crippen molar-refractivity contribution in [3.63, 3.8) is 0 Å². The largest absolute Gasteiger partial charge is 0.454 e. The van der Waals surface area contributed by atoms with E-state index in [4.69, 9.17) is 14.2 Å². The molecule has 0 aliphatic carbocycles. The molecule has 0 aromatic heterocycles. The minimum Gasteiger partial charge on any atom is -0.454 e. The van der Waals surface area contributed by atoms with Crippen molar-refractivity contribution in [2.45, 2.75) is 39.7 Å². The average molecular weight is 371 g/mol. The van der Waals surface area contributed by atoms with Crippen molar-refractivity contribution in [3.05, 3.63) is 62.7 Å². The van der Waals surface area contributed by atoms with Crippen molar-refractivity contribution in [2.24, 2.45) is 0 Å².